The van der Waals surface area contributed by atoms with Gasteiger partial charge in [-0.15, -0.1) is 0 Å². The third kappa shape index (κ3) is 6.09. The van der Waals surface area contributed by atoms with E-state index in [4.69, 9.17) is 4.74 Å². The van der Waals surface area contributed by atoms with Gasteiger partial charge in [0.1, 0.15) is 17.9 Å². The number of imide groups is 2. The SMILES string of the molecule is Cc1ccc(COc2ccccc2/C=C2\C(=O)NC(=O)N(c3cc4c5c(c3)[C@H](c3ccccc3)CCN5CC[C@H]4c3ccccc3)C2=O)cc1C. The smallest absolute Gasteiger partial charge is 0.335 e. The molecule has 0 unspecified atom stereocenters. The number of carbonyl (C=O) groups excluding carboxylic acids is 3. The number of carbonyl (C=O) groups is 3. The minimum atomic E-state index is -0.760. The summed E-state index contributed by atoms with van der Waals surface area (Å²) in [4.78, 5) is 45.0. The quantitative estimate of drug-likeness (QED) is 0.139. The number of ether oxygens (including phenoxy) is 1. The summed E-state index contributed by atoms with van der Waals surface area (Å²) in [7, 11) is 0. The number of aryl methyl sites for hydroxylation is 2. The molecule has 0 saturated carbocycles. The van der Waals surface area contributed by atoms with Gasteiger partial charge in [0, 0.05) is 36.2 Å². The maximum Gasteiger partial charge on any atom is 0.335 e. The zero-order chi connectivity index (χ0) is 35.1. The normalized spacial score (nSPS) is 19.2. The van der Waals surface area contributed by atoms with Gasteiger partial charge in [-0.25, -0.2) is 9.69 Å². The molecule has 1 saturated heterocycles. The van der Waals surface area contributed by atoms with Crippen LogP contribution in [0.1, 0.15) is 69.2 Å². The third-order valence-corrected chi connectivity index (χ3v) is 10.5. The number of urea groups is 1. The van der Waals surface area contributed by atoms with Gasteiger partial charge >= 0.3 is 6.03 Å². The number of nitrogens with zero attached hydrogens (tertiary/aromatic N) is 2. The van der Waals surface area contributed by atoms with Crippen molar-refractivity contribution in [2.45, 2.75) is 45.1 Å². The highest BCUT2D eigenvalue weighted by Crippen LogP contribution is 2.50. The highest BCUT2D eigenvalue weighted by Gasteiger charge is 2.40. The van der Waals surface area contributed by atoms with Gasteiger partial charge in [-0.2, -0.15) is 0 Å². The summed E-state index contributed by atoms with van der Waals surface area (Å²) >= 11 is 0. The first-order chi connectivity index (χ1) is 24.9. The number of hydrogen-bond donors (Lipinski definition) is 1. The fraction of sp³-hybridized carbons (Fsp3) is 0.205. The number of benzene rings is 5. The number of barbiturate groups is 1. The van der Waals surface area contributed by atoms with Gasteiger partial charge in [-0.1, -0.05) is 97.1 Å². The molecule has 254 valence electrons. The van der Waals surface area contributed by atoms with Crippen molar-refractivity contribution in [2.75, 3.05) is 22.9 Å². The van der Waals surface area contributed by atoms with Crippen LogP contribution in [0.2, 0.25) is 0 Å². The summed E-state index contributed by atoms with van der Waals surface area (Å²) < 4.78 is 6.21. The molecule has 7 heteroatoms. The van der Waals surface area contributed by atoms with E-state index in [-0.39, 0.29) is 17.4 Å². The minimum absolute atomic E-state index is 0.0895. The van der Waals surface area contributed by atoms with Gasteiger partial charge < -0.3 is 9.64 Å². The molecule has 0 bridgehead atoms. The molecule has 3 aliphatic rings. The molecule has 1 N–H and O–H groups in total. The van der Waals surface area contributed by atoms with Crippen molar-refractivity contribution in [2.24, 2.45) is 0 Å². The van der Waals surface area contributed by atoms with E-state index >= 15 is 0 Å². The number of anilines is 2. The van der Waals surface area contributed by atoms with Gasteiger partial charge in [-0.3, -0.25) is 14.9 Å². The maximum absolute atomic E-state index is 14.4. The lowest BCUT2D eigenvalue weighted by molar-refractivity contribution is -0.122. The van der Waals surface area contributed by atoms with E-state index < -0.39 is 17.8 Å². The topological polar surface area (TPSA) is 79.0 Å². The van der Waals surface area contributed by atoms with E-state index in [2.05, 4.69) is 84.7 Å². The molecule has 1 fully saturated rings. The van der Waals surface area contributed by atoms with Crippen LogP contribution in [0.15, 0.2) is 121 Å². The highest BCUT2D eigenvalue weighted by atomic mass is 16.5. The van der Waals surface area contributed by atoms with Gasteiger partial charge in [0.05, 0.1) is 5.69 Å². The molecule has 8 rings (SSSR count). The Labute approximate surface area is 298 Å². The average molecular weight is 674 g/mol. The fourth-order valence-corrected chi connectivity index (χ4v) is 7.80. The average Bonchev–Trinajstić information content (AvgIpc) is 3.15. The summed E-state index contributed by atoms with van der Waals surface area (Å²) in [5.74, 6) is -0.698. The lowest BCUT2D eigenvalue weighted by Gasteiger charge is -2.44. The van der Waals surface area contributed by atoms with Crippen LogP contribution in [-0.4, -0.2) is 30.9 Å². The predicted octanol–water partition coefficient (Wildman–Crippen LogP) is 8.43. The number of nitrogens with one attached hydrogen (secondary N) is 1. The van der Waals surface area contributed by atoms with Crippen LogP contribution in [0.4, 0.5) is 16.2 Å². The Bertz CT molecular complexity index is 2120. The molecular formula is C44H39N3O4. The lowest BCUT2D eigenvalue weighted by Crippen LogP contribution is -2.54. The predicted molar refractivity (Wildman–Crippen MR) is 200 cm³/mol. The first-order valence-corrected chi connectivity index (χ1v) is 17.6. The third-order valence-electron chi connectivity index (χ3n) is 10.5. The second-order valence-electron chi connectivity index (χ2n) is 13.7. The molecule has 51 heavy (non-hydrogen) atoms. The summed E-state index contributed by atoms with van der Waals surface area (Å²) in [6.07, 6.45) is 3.35. The van der Waals surface area contributed by atoms with Crippen molar-refractivity contribution in [3.8, 4) is 5.75 Å². The lowest BCUT2D eigenvalue weighted by atomic mass is 9.76. The molecule has 7 nitrogen and oxygen atoms in total. The van der Waals surface area contributed by atoms with Crippen molar-refractivity contribution in [3.63, 3.8) is 0 Å². The van der Waals surface area contributed by atoms with Crippen molar-refractivity contribution in [1.82, 2.24) is 5.32 Å². The van der Waals surface area contributed by atoms with E-state index in [9.17, 15) is 14.4 Å². The van der Waals surface area contributed by atoms with Gasteiger partial charge in [0.2, 0.25) is 0 Å². The van der Waals surface area contributed by atoms with Crippen molar-refractivity contribution in [3.05, 3.63) is 165 Å². The summed E-state index contributed by atoms with van der Waals surface area (Å²) in [5, 5.41) is 2.45. The van der Waals surface area contributed by atoms with Crippen LogP contribution >= 0.6 is 0 Å². The van der Waals surface area contributed by atoms with Gasteiger partial charge in [-0.05, 0) is 89.9 Å². The van der Waals surface area contributed by atoms with Crippen LogP contribution in [0, 0.1) is 13.8 Å². The standard InChI is InChI=1S/C44H39N3O4/c1-28-17-18-30(23-29(28)2)27-51-40-16-10-9-15-33(40)24-39-42(48)45-44(50)47(43(39)49)34-25-37-35(31-11-5-3-6-12-31)19-21-46-22-20-36(38(26-34)41(37)46)32-13-7-4-8-14-32/h3-18,23-26,35-36H,19-22,27H2,1-2H3,(H,45,48,50)/b39-24+/t35-,36-/m0/s1. The summed E-state index contributed by atoms with van der Waals surface area (Å²) in [6.45, 7) is 6.31. The molecule has 0 radical (unpaired) electrons. The Balaban J connectivity index is 1.20. The van der Waals surface area contributed by atoms with E-state index in [1.807, 2.05) is 48.5 Å². The van der Waals surface area contributed by atoms with Crippen LogP contribution < -0.4 is 19.9 Å². The highest BCUT2D eigenvalue weighted by molar-refractivity contribution is 6.39. The Morgan fingerprint density at radius 2 is 1.33 bits per heavy atom. The first kappa shape index (κ1) is 32.3. The Morgan fingerprint density at radius 3 is 1.96 bits per heavy atom. The van der Waals surface area contributed by atoms with Gasteiger partial charge in [0.25, 0.3) is 11.8 Å². The Kier molecular flexibility index (Phi) is 8.48. The first-order valence-electron chi connectivity index (χ1n) is 17.6. The number of amides is 4. The van der Waals surface area contributed by atoms with E-state index in [0.717, 1.165) is 47.5 Å². The second-order valence-corrected chi connectivity index (χ2v) is 13.7. The number of rotatable bonds is 7. The van der Waals surface area contributed by atoms with E-state index in [0.29, 0.717) is 23.6 Å². The Hall–Kier alpha value is -5.95. The molecule has 4 amide bonds. The molecule has 3 heterocycles. The zero-order valence-electron chi connectivity index (χ0n) is 28.8. The maximum atomic E-state index is 14.4. The summed E-state index contributed by atoms with van der Waals surface area (Å²) in [5.41, 5.74) is 10.0. The van der Waals surface area contributed by atoms with Crippen LogP contribution in [0.5, 0.6) is 5.75 Å². The molecular weight excluding hydrogens is 635 g/mol. The fourth-order valence-electron chi connectivity index (χ4n) is 7.80. The van der Waals surface area contributed by atoms with Gasteiger partial charge in [0.15, 0.2) is 0 Å². The van der Waals surface area contributed by atoms with Crippen molar-refractivity contribution >= 4 is 35.3 Å². The monoisotopic (exact) mass is 673 g/mol. The Morgan fingerprint density at radius 1 is 0.725 bits per heavy atom. The summed E-state index contributed by atoms with van der Waals surface area (Å²) in [6, 6.07) is 37.5. The van der Waals surface area contributed by atoms with E-state index in [1.54, 1.807) is 6.07 Å². The zero-order valence-corrected chi connectivity index (χ0v) is 28.8. The molecule has 3 aliphatic heterocycles. The molecule has 5 aromatic rings. The van der Waals surface area contributed by atoms with Crippen molar-refractivity contribution < 1.29 is 19.1 Å². The van der Waals surface area contributed by atoms with Crippen LogP contribution in [-0.2, 0) is 16.2 Å². The molecule has 0 aliphatic carbocycles. The van der Waals surface area contributed by atoms with Crippen LogP contribution in [0.25, 0.3) is 6.08 Å². The largest absolute Gasteiger partial charge is 0.488 e. The molecule has 0 aromatic heterocycles. The molecule has 2 atom stereocenters. The van der Waals surface area contributed by atoms with E-state index in [1.165, 1.54) is 34.0 Å². The number of para-hydroxylation sites is 1. The second kappa shape index (κ2) is 13.4. The molecule has 0 spiro atoms. The molecule has 5 aromatic carbocycles. The van der Waals surface area contributed by atoms with Crippen molar-refractivity contribution in [1.29, 1.82) is 0 Å². The minimum Gasteiger partial charge on any atom is -0.488 e. The number of hydrogen-bond acceptors (Lipinski definition) is 5. The van der Waals surface area contributed by atoms with Crippen LogP contribution in [0.3, 0.4) is 0 Å².